The van der Waals surface area contributed by atoms with E-state index in [2.05, 4.69) is 10.3 Å². The monoisotopic (exact) mass is 369 g/mol. The van der Waals surface area contributed by atoms with Crippen LogP contribution in [0.1, 0.15) is 35.2 Å². The molecule has 7 heteroatoms. The average Bonchev–Trinajstić information content (AvgIpc) is 3.02. The van der Waals surface area contributed by atoms with Gasteiger partial charge < -0.3 is 10.3 Å². The van der Waals surface area contributed by atoms with Gasteiger partial charge in [0, 0.05) is 34.3 Å². The molecule has 0 unspecified atom stereocenters. The summed E-state index contributed by atoms with van der Waals surface area (Å²) in [5.41, 5.74) is 1.67. The zero-order chi connectivity index (χ0) is 18.3. The Morgan fingerprint density at radius 1 is 1.19 bits per heavy atom. The molecule has 1 saturated carbocycles. The van der Waals surface area contributed by atoms with Gasteiger partial charge in [-0.05, 0) is 43.0 Å². The van der Waals surface area contributed by atoms with Crippen LogP contribution in [0.25, 0.3) is 10.9 Å². The highest BCUT2D eigenvalue weighted by Gasteiger charge is 2.40. The molecular weight excluding hydrogens is 354 g/mol. The number of aromatic nitrogens is 1. The van der Waals surface area contributed by atoms with Gasteiger partial charge in [0.25, 0.3) is 11.6 Å². The Labute approximate surface area is 154 Å². The lowest BCUT2D eigenvalue weighted by atomic mass is 9.71. The molecule has 1 aliphatic rings. The van der Waals surface area contributed by atoms with E-state index in [0.29, 0.717) is 21.5 Å². The maximum atomic E-state index is 12.9. The summed E-state index contributed by atoms with van der Waals surface area (Å²) in [5.74, 6) is -0.244. The Hall–Kier alpha value is -2.86. The van der Waals surface area contributed by atoms with Crippen LogP contribution in [0.15, 0.2) is 48.7 Å². The van der Waals surface area contributed by atoms with Gasteiger partial charge >= 0.3 is 0 Å². The molecule has 0 aliphatic heterocycles. The Morgan fingerprint density at radius 3 is 2.54 bits per heavy atom. The van der Waals surface area contributed by atoms with Gasteiger partial charge in [0.2, 0.25) is 0 Å². The number of halogens is 1. The molecule has 6 nitrogen and oxygen atoms in total. The van der Waals surface area contributed by atoms with Crippen LogP contribution in [0.3, 0.4) is 0 Å². The number of hydrogen-bond donors (Lipinski definition) is 2. The highest BCUT2D eigenvalue weighted by atomic mass is 35.5. The second kappa shape index (κ2) is 6.14. The molecular formula is C19H16ClN3O3. The number of H-pyrrole nitrogens is 1. The molecule has 3 aromatic rings. The highest BCUT2D eigenvalue weighted by molar-refractivity contribution is 6.30. The standard InChI is InChI=1S/C19H16ClN3O3/c20-13-4-2-12(3-5-13)19(8-1-9-19)22-18(24)16-11-21-17-7-6-14(23(25)26)10-15(16)17/h2-7,10-11,21H,1,8-9H2,(H,22,24). The van der Waals surface area contributed by atoms with E-state index in [1.165, 1.54) is 12.1 Å². The summed E-state index contributed by atoms with van der Waals surface area (Å²) in [5, 5.41) is 15.4. The first-order chi connectivity index (χ1) is 12.5. The van der Waals surface area contributed by atoms with Crippen LogP contribution in [-0.4, -0.2) is 15.8 Å². The van der Waals surface area contributed by atoms with Crippen LogP contribution in [-0.2, 0) is 5.54 Å². The van der Waals surface area contributed by atoms with Crippen molar-refractivity contribution in [3.05, 3.63) is 74.9 Å². The summed E-state index contributed by atoms with van der Waals surface area (Å²) in [7, 11) is 0. The summed E-state index contributed by atoms with van der Waals surface area (Å²) >= 11 is 5.97. The normalized spacial score (nSPS) is 15.4. The second-order valence-corrected chi connectivity index (χ2v) is 7.02. The molecule has 2 N–H and O–H groups in total. The zero-order valence-electron chi connectivity index (χ0n) is 13.8. The van der Waals surface area contributed by atoms with Gasteiger partial charge in [-0.3, -0.25) is 14.9 Å². The van der Waals surface area contributed by atoms with E-state index in [1.807, 2.05) is 24.3 Å². The summed E-state index contributed by atoms with van der Waals surface area (Å²) in [6.45, 7) is 0. The number of nitrogens with one attached hydrogen (secondary N) is 2. The Balaban J connectivity index is 1.67. The summed E-state index contributed by atoms with van der Waals surface area (Å²) in [6.07, 6.45) is 4.33. The molecule has 0 radical (unpaired) electrons. The fourth-order valence-electron chi connectivity index (χ4n) is 3.48. The number of nitrogens with zero attached hydrogens (tertiary/aromatic N) is 1. The molecule has 1 aromatic heterocycles. The number of carbonyl (C=O) groups is 1. The molecule has 1 amide bonds. The Morgan fingerprint density at radius 2 is 1.92 bits per heavy atom. The van der Waals surface area contributed by atoms with Gasteiger partial charge in [0.05, 0.1) is 16.0 Å². The summed E-state index contributed by atoms with van der Waals surface area (Å²) in [6, 6.07) is 12.0. The molecule has 1 heterocycles. The van der Waals surface area contributed by atoms with E-state index in [9.17, 15) is 14.9 Å². The van der Waals surface area contributed by atoms with Crippen molar-refractivity contribution in [2.45, 2.75) is 24.8 Å². The van der Waals surface area contributed by atoms with E-state index < -0.39 is 10.5 Å². The predicted octanol–water partition coefficient (Wildman–Crippen LogP) is 4.54. The lowest BCUT2D eigenvalue weighted by Crippen LogP contribution is -2.50. The third kappa shape index (κ3) is 2.72. The molecule has 1 fully saturated rings. The van der Waals surface area contributed by atoms with Gasteiger partial charge in [0.1, 0.15) is 0 Å². The van der Waals surface area contributed by atoms with E-state index in [-0.39, 0.29) is 11.6 Å². The van der Waals surface area contributed by atoms with Gasteiger partial charge in [-0.15, -0.1) is 0 Å². The van der Waals surface area contributed by atoms with E-state index in [0.717, 1.165) is 24.8 Å². The first-order valence-corrected chi connectivity index (χ1v) is 8.70. The Bertz CT molecular complexity index is 1010. The maximum Gasteiger partial charge on any atom is 0.270 e. The number of hydrogen-bond acceptors (Lipinski definition) is 3. The number of rotatable bonds is 4. The van der Waals surface area contributed by atoms with Crippen LogP contribution in [0.5, 0.6) is 0 Å². The molecule has 4 rings (SSSR count). The third-order valence-corrected chi connectivity index (χ3v) is 5.33. The minimum atomic E-state index is -0.463. The number of nitro groups is 1. The highest BCUT2D eigenvalue weighted by Crippen LogP contribution is 2.42. The van der Waals surface area contributed by atoms with Crippen molar-refractivity contribution < 1.29 is 9.72 Å². The molecule has 1 aliphatic carbocycles. The summed E-state index contributed by atoms with van der Waals surface area (Å²) in [4.78, 5) is 26.5. The number of non-ortho nitro benzene ring substituents is 1. The quantitative estimate of drug-likeness (QED) is 0.522. The molecule has 0 saturated heterocycles. The van der Waals surface area contributed by atoms with Crippen LogP contribution >= 0.6 is 11.6 Å². The first kappa shape index (κ1) is 16.6. The number of fused-ring (bicyclic) bond motifs is 1. The SMILES string of the molecule is O=C(NC1(c2ccc(Cl)cc2)CCC1)c1c[nH]c2ccc([N+](=O)[O-])cc12. The molecule has 132 valence electrons. The van der Waals surface area contributed by atoms with Crippen LogP contribution in [0.4, 0.5) is 5.69 Å². The van der Waals surface area contributed by atoms with Crippen LogP contribution < -0.4 is 5.32 Å². The smallest absolute Gasteiger partial charge is 0.270 e. The lowest BCUT2D eigenvalue weighted by Gasteiger charge is -2.43. The summed E-state index contributed by atoms with van der Waals surface area (Å²) < 4.78 is 0. The molecule has 0 spiro atoms. The van der Waals surface area contributed by atoms with Crippen molar-refractivity contribution in [2.75, 3.05) is 0 Å². The number of carbonyl (C=O) groups excluding carboxylic acids is 1. The number of amides is 1. The largest absolute Gasteiger partial charge is 0.360 e. The fraction of sp³-hybridized carbons (Fsp3) is 0.211. The van der Waals surface area contributed by atoms with Crippen molar-refractivity contribution in [1.29, 1.82) is 0 Å². The van der Waals surface area contributed by atoms with Crippen molar-refractivity contribution in [2.24, 2.45) is 0 Å². The van der Waals surface area contributed by atoms with Gasteiger partial charge in [-0.1, -0.05) is 23.7 Å². The lowest BCUT2D eigenvalue weighted by molar-refractivity contribution is -0.384. The molecule has 0 bridgehead atoms. The van der Waals surface area contributed by atoms with Gasteiger partial charge in [-0.25, -0.2) is 0 Å². The molecule has 2 aromatic carbocycles. The fourth-order valence-corrected chi connectivity index (χ4v) is 3.61. The predicted molar refractivity (Wildman–Crippen MR) is 99.4 cm³/mol. The molecule has 0 atom stereocenters. The minimum Gasteiger partial charge on any atom is -0.360 e. The number of aromatic amines is 1. The topological polar surface area (TPSA) is 88.0 Å². The number of benzene rings is 2. The third-order valence-electron chi connectivity index (χ3n) is 5.08. The van der Waals surface area contributed by atoms with Gasteiger partial charge in [-0.2, -0.15) is 0 Å². The van der Waals surface area contributed by atoms with Crippen molar-refractivity contribution in [1.82, 2.24) is 10.3 Å². The van der Waals surface area contributed by atoms with Crippen molar-refractivity contribution >= 4 is 34.1 Å². The van der Waals surface area contributed by atoms with E-state index in [4.69, 9.17) is 11.6 Å². The first-order valence-electron chi connectivity index (χ1n) is 8.33. The number of nitro benzene ring substituents is 1. The van der Waals surface area contributed by atoms with E-state index >= 15 is 0 Å². The maximum absolute atomic E-state index is 12.9. The minimum absolute atomic E-state index is 0.0396. The van der Waals surface area contributed by atoms with Crippen molar-refractivity contribution in [3.8, 4) is 0 Å². The zero-order valence-corrected chi connectivity index (χ0v) is 14.5. The Kier molecular flexibility index (Phi) is 3.92. The van der Waals surface area contributed by atoms with Crippen LogP contribution in [0, 0.1) is 10.1 Å². The van der Waals surface area contributed by atoms with Gasteiger partial charge in [0.15, 0.2) is 0 Å². The second-order valence-electron chi connectivity index (χ2n) is 6.59. The van der Waals surface area contributed by atoms with Crippen LogP contribution in [0.2, 0.25) is 5.02 Å². The molecule has 26 heavy (non-hydrogen) atoms. The van der Waals surface area contributed by atoms with E-state index in [1.54, 1.807) is 12.3 Å². The average molecular weight is 370 g/mol. The van der Waals surface area contributed by atoms with Crippen molar-refractivity contribution in [3.63, 3.8) is 0 Å².